The van der Waals surface area contributed by atoms with E-state index in [0.717, 1.165) is 38.4 Å². The molecule has 2 fully saturated rings. The lowest BCUT2D eigenvalue weighted by Crippen LogP contribution is -2.52. The first-order chi connectivity index (χ1) is 11.1. The molecule has 2 aliphatic rings. The van der Waals surface area contributed by atoms with Gasteiger partial charge in [0.15, 0.2) is 0 Å². The molecule has 0 N–H and O–H groups in total. The van der Waals surface area contributed by atoms with Crippen LogP contribution in [0.25, 0.3) is 0 Å². The zero-order chi connectivity index (χ0) is 16.2. The average molecular weight is 318 g/mol. The summed E-state index contributed by atoms with van der Waals surface area (Å²) in [6.07, 6.45) is 3.95. The number of para-hydroxylation sites is 2. The summed E-state index contributed by atoms with van der Waals surface area (Å²) < 4.78 is 0. The van der Waals surface area contributed by atoms with Gasteiger partial charge >= 0.3 is 0 Å². The molecule has 0 radical (unpaired) electrons. The topological polar surface area (TPSA) is 52.9 Å². The number of likely N-dealkylation sites (tertiary alicyclic amines) is 1. The third-order valence-electron chi connectivity index (χ3n) is 5.18. The smallest absolute Gasteiger partial charge is 0.292 e. The number of nitro benzene ring substituents is 1. The highest BCUT2D eigenvalue weighted by Gasteiger charge is 2.26. The Morgan fingerprint density at radius 3 is 2.57 bits per heavy atom. The second-order valence-corrected chi connectivity index (χ2v) is 6.66. The molecule has 2 saturated heterocycles. The number of hydrogen-bond acceptors (Lipinski definition) is 5. The first kappa shape index (κ1) is 16.2. The van der Waals surface area contributed by atoms with Crippen molar-refractivity contribution in [2.75, 3.05) is 51.2 Å². The van der Waals surface area contributed by atoms with E-state index in [0.29, 0.717) is 6.04 Å². The summed E-state index contributed by atoms with van der Waals surface area (Å²) in [6, 6.07) is 7.74. The normalized spacial score (nSPS) is 23.9. The van der Waals surface area contributed by atoms with E-state index >= 15 is 0 Å². The van der Waals surface area contributed by atoms with Crippen LogP contribution in [0.15, 0.2) is 24.3 Å². The Bertz CT molecular complexity index is 543. The minimum atomic E-state index is -0.279. The van der Waals surface area contributed by atoms with Crippen LogP contribution in [0.2, 0.25) is 0 Å². The van der Waals surface area contributed by atoms with Gasteiger partial charge in [0, 0.05) is 44.8 Å². The molecule has 0 saturated carbocycles. The summed E-state index contributed by atoms with van der Waals surface area (Å²) in [6.45, 7) is 6.03. The number of rotatable bonds is 4. The van der Waals surface area contributed by atoms with Crippen LogP contribution in [0.1, 0.15) is 19.3 Å². The highest BCUT2D eigenvalue weighted by molar-refractivity contribution is 5.63. The fourth-order valence-corrected chi connectivity index (χ4v) is 3.73. The Morgan fingerprint density at radius 2 is 1.87 bits per heavy atom. The molecular weight excluding hydrogens is 292 g/mol. The van der Waals surface area contributed by atoms with E-state index in [4.69, 9.17) is 0 Å². The molecule has 23 heavy (non-hydrogen) atoms. The van der Waals surface area contributed by atoms with Crippen LogP contribution in [0.4, 0.5) is 11.4 Å². The van der Waals surface area contributed by atoms with Gasteiger partial charge in [-0.25, -0.2) is 0 Å². The van der Waals surface area contributed by atoms with Crippen molar-refractivity contribution in [3.05, 3.63) is 34.4 Å². The molecule has 3 rings (SSSR count). The third kappa shape index (κ3) is 3.82. The minimum Gasteiger partial charge on any atom is -0.363 e. The molecular formula is C17H26N4O2. The fraction of sp³-hybridized carbons (Fsp3) is 0.647. The zero-order valence-corrected chi connectivity index (χ0v) is 13.9. The molecule has 2 heterocycles. The van der Waals surface area contributed by atoms with E-state index in [1.54, 1.807) is 12.1 Å². The Hall–Kier alpha value is -1.66. The number of piperidine rings is 1. The molecule has 1 aromatic rings. The molecule has 6 heteroatoms. The van der Waals surface area contributed by atoms with Gasteiger partial charge in [0.2, 0.25) is 0 Å². The van der Waals surface area contributed by atoms with Gasteiger partial charge in [-0.1, -0.05) is 18.6 Å². The van der Waals surface area contributed by atoms with Gasteiger partial charge in [-0.05, 0) is 32.5 Å². The van der Waals surface area contributed by atoms with Crippen LogP contribution < -0.4 is 4.90 Å². The van der Waals surface area contributed by atoms with Crippen molar-refractivity contribution < 1.29 is 4.92 Å². The number of likely N-dealkylation sites (N-methyl/N-ethyl adjacent to an activating group) is 1. The lowest BCUT2D eigenvalue weighted by atomic mass is 10.0. The van der Waals surface area contributed by atoms with Crippen LogP contribution >= 0.6 is 0 Å². The molecule has 0 aliphatic carbocycles. The van der Waals surface area contributed by atoms with Crippen LogP contribution in [0, 0.1) is 10.1 Å². The number of nitro groups is 1. The van der Waals surface area contributed by atoms with Gasteiger partial charge in [0.05, 0.1) is 4.92 Å². The summed E-state index contributed by atoms with van der Waals surface area (Å²) in [5, 5.41) is 11.2. The van der Waals surface area contributed by atoms with E-state index < -0.39 is 0 Å². The molecule has 1 atom stereocenters. The van der Waals surface area contributed by atoms with E-state index in [1.807, 2.05) is 12.1 Å². The minimum absolute atomic E-state index is 0.216. The number of piperazine rings is 1. The molecule has 0 amide bonds. The highest BCUT2D eigenvalue weighted by Crippen LogP contribution is 2.28. The maximum Gasteiger partial charge on any atom is 0.292 e. The molecule has 0 spiro atoms. The van der Waals surface area contributed by atoms with E-state index in [2.05, 4.69) is 21.7 Å². The first-order valence-corrected chi connectivity index (χ1v) is 8.56. The zero-order valence-electron chi connectivity index (χ0n) is 13.9. The van der Waals surface area contributed by atoms with Gasteiger partial charge in [-0.3, -0.25) is 15.0 Å². The molecule has 126 valence electrons. The molecule has 1 aromatic carbocycles. The van der Waals surface area contributed by atoms with Crippen LogP contribution in [0.5, 0.6) is 0 Å². The van der Waals surface area contributed by atoms with E-state index in [9.17, 15) is 10.1 Å². The van der Waals surface area contributed by atoms with Crippen molar-refractivity contribution in [2.24, 2.45) is 0 Å². The monoisotopic (exact) mass is 318 g/mol. The van der Waals surface area contributed by atoms with Gasteiger partial charge in [-0.2, -0.15) is 0 Å². The van der Waals surface area contributed by atoms with Gasteiger partial charge in [-0.15, -0.1) is 0 Å². The number of nitrogens with zero attached hydrogens (tertiary/aromatic N) is 4. The molecule has 0 aromatic heterocycles. The SMILES string of the molecule is CN1CCCC[C@H]1CN1CCN(c2ccccc2[N+](=O)[O-])CC1. The Kier molecular flexibility index (Phi) is 5.13. The summed E-state index contributed by atoms with van der Waals surface area (Å²) >= 11 is 0. The summed E-state index contributed by atoms with van der Waals surface area (Å²) in [4.78, 5) is 18.1. The summed E-state index contributed by atoms with van der Waals surface area (Å²) in [7, 11) is 2.23. The predicted molar refractivity (Wildman–Crippen MR) is 92.0 cm³/mol. The summed E-state index contributed by atoms with van der Waals surface area (Å²) in [5.74, 6) is 0. The average Bonchev–Trinajstić information content (AvgIpc) is 2.58. The maximum atomic E-state index is 11.2. The maximum absolute atomic E-state index is 11.2. The Labute approximate surface area is 137 Å². The first-order valence-electron chi connectivity index (χ1n) is 8.56. The van der Waals surface area contributed by atoms with Crippen molar-refractivity contribution in [1.29, 1.82) is 0 Å². The fourth-order valence-electron chi connectivity index (χ4n) is 3.73. The van der Waals surface area contributed by atoms with Gasteiger partial charge in [0.1, 0.15) is 5.69 Å². The molecule has 0 bridgehead atoms. The van der Waals surface area contributed by atoms with Crippen LogP contribution in [0.3, 0.4) is 0 Å². The second-order valence-electron chi connectivity index (χ2n) is 6.66. The van der Waals surface area contributed by atoms with Crippen LogP contribution in [-0.4, -0.2) is 67.1 Å². The number of benzene rings is 1. The number of anilines is 1. The van der Waals surface area contributed by atoms with Gasteiger partial charge < -0.3 is 9.80 Å². The molecule has 2 aliphatic heterocycles. The van der Waals surface area contributed by atoms with Crippen molar-refractivity contribution in [3.8, 4) is 0 Å². The van der Waals surface area contributed by atoms with Crippen molar-refractivity contribution in [2.45, 2.75) is 25.3 Å². The van der Waals surface area contributed by atoms with E-state index in [-0.39, 0.29) is 10.6 Å². The van der Waals surface area contributed by atoms with E-state index in [1.165, 1.54) is 25.8 Å². The number of hydrogen-bond donors (Lipinski definition) is 0. The second kappa shape index (κ2) is 7.27. The van der Waals surface area contributed by atoms with Gasteiger partial charge in [0.25, 0.3) is 5.69 Å². The summed E-state index contributed by atoms with van der Waals surface area (Å²) in [5.41, 5.74) is 0.972. The Balaban J connectivity index is 1.57. The highest BCUT2D eigenvalue weighted by atomic mass is 16.6. The third-order valence-corrected chi connectivity index (χ3v) is 5.18. The van der Waals surface area contributed by atoms with Crippen LogP contribution in [-0.2, 0) is 0 Å². The lowest BCUT2D eigenvalue weighted by molar-refractivity contribution is -0.384. The largest absolute Gasteiger partial charge is 0.363 e. The standard InChI is InChI=1S/C17H26N4O2/c1-18-9-5-4-6-15(18)14-19-10-12-20(13-11-19)16-7-2-3-8-17(16)21(22)23/h2-3,7-8,15H,4-6,9-14H2,1H3/t15-/m0/s1. The quantitative estimate of drug-likeness (QED) is 0.629. The Morgan fingerprint density at radius 1 is 1.13 bits per heavy atom. The lowest BCUT2D eigenvalue weighted by Gasteiger charge is -2.40. The van der Waals surface area contributed by atoms with Crippen molar-refractivity contribution in [1.82, 2.24) is 9.80 Å². The molecule has 6 nitrogen and oxygen atoms in total. The van der Waals surface area contributed by atoms with Crippen molar-refractivity contribution >= 4 is 11.4 Å². The molecule has 0 unspecified atom stereocenters. The van der Waals surface area contributed by atoms with Crippen molar-refractivity contribution in [3.63, 3.8) is 0 Å². The predicted octanol–water partition coefficient (Wildman–Crippen LogP) is 2.20.